The van der Waals surface area contributed by atoms with E-state index in [1.807, 2.05) is 6.07 Å². The lowest BCUT2D eigenvalue weighted by atomic mass is 10.00. The number of hydrogen-bond donors (Lipinski definition) is 2. The minimum Gasteiger partial charge on any atom is -0.465 e. The number of carbonyl (C=O) groups is 1. The normalized spacial score (nSPS) is 14.4. The van der Waals surface area contributed by atoms with E-state index in [2.05, 4.69) is 50.1 Å². The standard InChI is InChI=1S/C18H27ClN2O3Si/c1-7-8-9-14(21-17(22)23)16(13-10-11-15(19)20-12-13)24-25(5,6)18(2,3)4/h1,10-12,14,16,21H,8-9H2,2-6H3,(H,22,23)/t14-,16-/m1/s1. The van der Waals surface area contributed by atoms with Crippen molar-refractivity contribution >= 4 is 26.0 Å². The summed E-state index contributed by atoms with van der Waals surface area (Å²) in [6.07, 6.45) is 6.35. The van der Waals surface area contributed by atoms with Crippen LogP contribution in [0.25, 0.3) is 0 Å². The van der Waals surface area contributed by atoms with Gasteiger partial charge in [-0.1, -0.05) is 38.4 Å². The third-order valence-corrected chi connectivity index (χ3v) is 9.26. The second kappa shape index (κ2) is 8.70. The van der Waals surface area contributed by atoms with E-state index in [9.17, 15) is 9.90 Å². The number of nitrogens with one attached hydrogen (secondary N) is 1. The average molecular weight is 383 g/mol. The van der Waals surface area contributed by atoms with Gasteiger partial charge in [0, 0.05) is 18.2 Å². The van der Waals surface area contributed by atoms with Crippen molar-refractivity contribution in [3.8, 4) is 12.3 Å². The summed E-state index contributed by atoms with van der Waals surface area (Å²) in [5.41, 5.74) is 0.782. The minimum absolute atomic E-state index is 0.0228. The molecule has 0 aromatic carbocycles. The summed E-state index contributed by atoms with van der Waals surface area (Å²) in [5.74, 6) is 2.57. The molecule has 0 saturated carbocycles. The number of halogens is 1. The van der Waals surface area contributed by atoms with E-state index < -0.39 is 26.6 Å². The lowest BCUT2D eigenvalue weighted by molar-refractivity contribution is 0.123. The van der Waals surface area contributed by atoms with Gasteiger partial charge in [-0.15, -0.1) is 12.3 Å². The molecule has 5 nitrogen and oxygen atoms in total. The first-order valence-corrected chi connectivity index (χ1v) is 11.5. The molecular weight excluding hydrogens is 356 g/mol. The van der Waals surface area contributed by atoms with E-state index in [1.54, 1.807) is 12.3 Å². The van der Waals surface area contributed by atoms with Gasteiger partial charge in [0.05, 0.1) is 12.1 Å². The number of nitrogens with zero attached hydrogens (tertiary/aromatic N) is 1. The number of rotatable bonds is 7. The molecule has 0 fully saturated rings. The Morgan fingerprint density at radius 2 is 2.12 bits per heavy atom. The predicted molar refractivity (Wildman–Crippen MR) is 103 cm³/mol. The fourth-order valence-electron chi connectivity index (χ4n) is 2.13. The highest BCUT2D eigenvalue weighted by Crippen LogP contribution is 2.41. The molecule has 25 heavy (non-hydrogen) atoms. The Morgan fingerprint density at radius 1 is 1.48 bits per heavy atom. The first kappa shape index (κ1) is 21.5. The maximum atomic E-state index is 11.3. The van der Waals surface area contributed by atoms with Gasteiger partial charge in [-0.05, 0) is 30.6 Å². The van der Waals surface area contributed by atoms with Crippen molar-refractivity contribution in [2.24, 2.45) is 0 Å². The zero-order valence-corrected chi connectivity index (χ0v) is 17.2. The smallest absolute Gasteiger partial charge is 0.404 e. The van der Waals surface area contributed by atoms with Crippen LogP contribution in [-0.4, -0.2) is 30.5 Å². The number of hydrogen-bond acceptors (Lipinski definition) is 3. The van der Waals surface area contributed by atoms with Gasteiger partial charge in [0.2, 0.25) is 0 Å². The maximum Gasteiger partial charge on any atom is 0.404 e. The summed E-state index contributed by atoms with van der Waals surface area (Å²) in [6, 6.07) is 3.03. The van der Waals surface area contributed by atoms with Gasteiger partial charge in [-0.2, -0.15) is 0 Å². The molecule has 0 unspecified atom stereocenters. The Balaban J connectivity index is 3.26. The van der Waals surface area contributed by atoms with E-state index in [4.69, 9.17) is 22.5 Å². The van der Waals surface area contributed by atoms with Crippen molar-refractivity contribution in [2.45, 2.75) is 63.9 Å². The topological polar surface area (TPSA) is 71.5 Å². The van der Waals surface area contributed by atoms with Gasteiger partial charge in [0.15, 0.2) is 8.32 Å². The van der Waals surface area contributed by atoms with Crippen LogP contribution in [0, 0.1) is 12.3 Å². The molecule has 2 N–H and O–H groups in total. The van der Waals surface area contributed by atoms with E-state index in [0.29, 0.717) is 18.0 Å². The molecule has 0 aliphatic rings. The van der Waals surface area contributed by atoms with Crippen LogP contribution in [0.5, 0.6) is 0 Å². The van der Waals surface area contributed by atoms with Crippen LogP contribution in [0.1, 0.15) is 45.3 Å². The molecule has 0 aliphatic carbocycles. The van der Waals surface area contributed by atoms with Crippen molar-refractivity contribution in [3.05, 3.63) is 29.0 Å². The number of carboxylic acid groups (broad SMARTS) is 1. The van der Waals surface area contributed by atoms with Crippen molar-refractivity contribution in [1.29, 1.82) is 0 Å². The highest BCUT2D eigenvalue weighted by molar-refractivity contribution is 6.74. The van der Waals surface area contributed by atoms with E-state index in [-0.39, 0.29) is 5.04 Å². The van der Waals surface area contributed by atoms with Crippen LogP contribution in [0.3, 0.4) is 0 Å². The van der Waals surface area contributed by atoms with Crippen molar-refractivity contribution in [1.82, 2.24) is 10.3 Å². The predicted octanol–water partition coefficient (Wildman–Crippen LogP) is 4.85. The molecule has 1 aromatic heterocycles. The fraction of sp³-hybridized carbons (Fsp3) is 0.556. The van der Waals surface area contributed by atoms with Gasteiger partial charge < -0.3 is 14.8 Å². The van der Waals surface area contributed by atoms with Crippen LogP contribution >= 0.6 is 11.6 Å². The van der Waals surface area contributed by atoms with Crippen LogP contribution in [0.2, 0.25) is 23.3 Å². The first-order chi connectivity index (χ1) is 11.5. The van der Waals surface area contributed by atoms with Crippen LogP contribution in [-0.2, 0) is 4.43 Å². The number of terminal acetylenes is 1. The van der Waals surface area contributed by atoms with Crippen molar-refractivity contribution in [3.63, 3.8) is 0 Å². The van der Waals surface area contributed by atoms with Crippen molar-refractivity contribution in [2.75, 3.05) is 0 Å². The molecule has 0 spiro atoms. The Labute approximate surface area is 156 Å². The maximum absolute atomic E-state index is 11.3. The second-order valence-corrected chi connectivity index (χ2v) is 12.7. The molecule has 0 saturated heterocycles. The molecule has 1 rings (SSSR count). The number of pyridine rings is 1. The first-order valence-electron chi connectivity index (χ1n) is 8.20. The Morgan fingerprint density at radius 3 is 2.56 bits per heavy atom. The SMILES string of the molecule is C#CCC[C@@H](NC(=O)O)[C@H](O[Si](C)(C)C(C)(C)C)c1ccc(Cl)nc1. The quantitative estimate of drug-likeness (QED) is 0.401. The summed E-state index contributed by atoms with van der Waals surface area (Å²) in [7, 11) is -2.16. The summed E-state index contributed by atoms with van der Waals surface area (Å²) < 4.78 is 6.55. The molecule has 138 valence electrons. The van der Waals surface area contributed by atoms with Gasteiger partial charge in [-0.3, -0.25) is 0 Å². The summed E-state index contributed by atoms with van der Waals surface area (Å²) in [4.78, 5) is 15.4. The molecule has 7 heteroatoms. The minimum atomic E-state index is -2.16. The third kappa shape index (κ3) is 6.35. The molecule has 0 bridgehead atoms. The summed E-state index contributed by atoms with van der Waals surface area (Å²) in [6.45, 7) is 10.7. The molecule has 1 aromatic rings. The Bertz CT molecular complexity index is 621. The fourth-order valence-corrected chi connectivity index (χ4v) is 3.53. The van der Waals surface area contributed by atoms with E-state index >= 15 is 0 Å². The molecule has 2 atom stereocenters. The molecule has 1 amide bonds. The third-order valence-electron chi connectivity index (χ3n) is 4.58. The molecule has 1 heterocycles. The van der Waals surface area contributed by atoms with Gasteiger partial charge in [-0.25, -0.2) is 9.78 Å². The highest BCUT2D eigenvalue weighted by Gasteiger charge is 2.41. The van der Waals surface area contributed by atoms with Gasteiger partial charge in [0.25, 0.3) is 0 Å². The summed E-state index contributed by atoms with van der Waals surface area (Å²) >= 11 is 5.89. The second-order valence-electron chi connectivity index (χ2n) is 7.51. The molecular formula is C18H27ClN2O3Si. The van der Waals surface area contributed by atoms with Crippen molar-refractivity contribution < 1.29 is 14.3 Å². The zero-order valence-electron chi connectivity index (χ0n) is 15.5. The van der Waals surface area contributed by atoms with Crippen LogP contribution in [0.4, 0.5) is 4.79 Å². The van der Waals surface area contributed by atoms with Gasteiger partial charge in [0.1, 0.15) is 5.15 Å². The largest absolute Gasteiger partial charge is 0.465 e. The number of amides is 1. The Kier molecular flexibility index (Phi) is 7.48. The molecule has 0 radical (unpaired) electrons. The monoisotopic (exact) mass is 382 g/mol. The zero-order chi connectivity index (χ0) is 19.3. The Hall–Kier alpha value is -1.55. The molecule has 0 aliphatic heterocycles. The lowest BCUT2D eigenvalue weighted by Crippen LogP contribution is -2.47. The van der Waals surface area contributed by atoms with Crippen LogP contribution in [0.15, 0.2) is 18.3 Å². The van der Waals surface area contributed by atoms with E-state index in [1.165, 1.54) is 0 Å². The highest BCUT2D eigenvalue weighted by atomic mass is 35.5. The van der Waals surface area contributed by atoms with Gasteiger partial charge >= 0.3 is 6.09 Å². The summed E-state index contributed by atoms with van der Waals surface area (Å²) in [5, 5.41) is 12.2. The van der Waals surface area contributed by atoms with E-state index in [0.717, 1.165) is 5.56 Å². The van der Waals surface area contributed by atoms with Crippen LogP contribution < -0.4 is 5.32 Å². The lowest BCUT2D eigenvalue weighted by Gasteiger charge is -2.41. The average Bonchev–Trinajstić information content (AvgIpc) is 2.49. The number of aromatic nitrogens is 1.